The number of carbonyl (C=O) groups excluding carboxylic acids is 1. The second kappa shape index (κ2) is 38.3. The Kier molecular flexibility index (Phi) is 36.5. The number of nitrogens with one attached hydrogen (secondary N) is 1. The highest BCUT2D eigenvalue weighted by atomic mass is 16.3. The molecule has 0 aliphatic heterocycles. The van der Waals surface area contributed by atoms with E-state index in [-0.39, 0.29) is 12.5 Å². The molecule has 0 aromatic rings. The third-order valence-electron chi connectivity index (χ3n) is 8.40. The molecule has 0 saturated carbocycles. The van der Waals surface area contributed by atoms with Crippen LogP contribution in [0, 0.1) is 0 Å². The molecule has 4 heteroatoms. The smallest absolute Gasteiger partial charge is 0.220 e. The first-order chi connectivity index (χ1) is 23.2. The van der Waals surface area contributed by atoms with E-state index < -0.39 is 12.1 Å². The molecule has 0 radical (unpaired) electrons. The van der Waals surface area contributed by atoms with Crippen LogP contribution in [0.5, 0.6) is 0 Å². The van der Waals surface area contributed by atoms with Crippen molar-refractivity contribution < 1.29 is 15.0 Å². The number of allylic oxidation sites excluding steroid dienone is 11. The molecule has 0 rings (SSSR count). The molecule has 270 valence electrons. The van der Waals surface area contributed by atoms with Crippen LogP contribution in [-0.2, 0) is 4.79 Å². The van der Waals surface area contributed by atoms with Gasteiger partial charge in [-0.3, -0.25) is 4.79 Å². The lowest BCUT2D eigenvalue weighted by atomic mass is 10.0. The molecular formula is C43H75NO3. The van der Waals surface area contributed by atoms with E-state index in [9.17, 15) is 15.0 Å². The Morgan fingerprint density at radius 2 is 0.957 bits per heavy atom. The minimum atomic E-state index is -0.884. The number of aliphatic hydroxyl groups excluding tert-OH is 2. The summed E-state index contributed by atoms with van der Waals surface area (Å²) in [5.74, 6) is -0.111. The molecule has 2 atom stereocenters. The van der Waals surface area contributed by atoms with Gasteiger partial charge < -0.3 is 15.5 Å². The van der Waals surface area contributed by atoms with E-state index in [1.54, 1.807) is 6.08 Å². The van der Waals surface area contributed by atoms with E-state index in [0.717, 1.165) is 70.6 Å². The summed E-state index contributed by atoms with van der Waals surface area (Å²) < 4.78 is 0. The van der Waals surface area contributed by atoms with Crippen LogP contribution < -0.4 is 5.32 Å². The minimum absolute atomic E-state index is 0.111. The van der Waals surface area contributed by atoms with Gasteiger partial charge in [-0.15, -0.1) is 0 Å². The van der Waals surface area contributed by atoms with E-state index in [1.807, 2.05) is 6.08 Å². The van der Waals surface area contributed by atoms with Crippen LogP contribution in [0.15, 0.2) is 72.9 Å². The van der Waals surface area contributed by atoms with E-state index >= 15 is 0 Å². The maximum atomic E-state index is 12.3. The van der Waals surface area contributed by atoms with Gasteiger partial charge in [0, 0.05) is 6.42 Å². The van der Waals surface area contributed by atoms with Crippen molar-refractivity contribution in [3.63, 3.8) is 0 Å². The number of aliphatic hydroxyl groups is 2. The minimum Gasteiger partial charge on any atom is -0.394 e. The fourth-order valence-corrected chi connectivity index (χ4v) is 5.40. The van der Waals surface area contributed by atoms with Crippen molar-refractivity contribution in [2.45, 2.75) is 187 Å². The molecule has 0 aliphatic rings. The highest BCUT2D eigenvalue weighted by Gasteiger charge is 2.17. The summed E-state index contributed by atoms with van der Waals surface area (Å²) in [6.45, 7) is 4.15. The number of carbonyl (C=O) groups is 1. The Bertz CT molecular complexity index is 838. The van der Waals surface area contributed by atoms with Crippen molar-refractivity contribution in [1.29, 1.82) is 0 Å². The van der Waals surface area contributed by atoms with Gasteiger partial charge in [-0.1, -0.05) is 164 Å². The standard InChI is InChI=1S/C43H75NO3/c1-3-5-7-9-11-13-15-17-18-19-20-21-22-23-24-25-27-28-30-32-34-36-38-42(46)41(40-45)44-43(47)39-37-35-33-31-29-26-16-14-12-10-8-6-4-2/h6,8,12,14,23-24,26,28-30,36,38,41-42,45-46H,3-5,7,9-11,13,15-22,25,27,31-35,37,39-40H2,1-2H3,(H,44,47)/b8-6-,14-12-,24-23+,29-26-,30-28+,38-36+. The molecule has 0 saturated heterocycles. The van der Waals surface area contributed by atoms with Gasteiger partial charge in [-0.25, -0.2) is 0 Å². The van der Waals surface area contributed by atoms with E-state index in [4.69, 9.17) is 0 Å². The second-order valence-corrected chi connectivity index (χ2v) is 12.9. The first kappa shape index (κ1) is 44.8. The molecule has 0 spiro atoms. The molecule has 4 nitrogen and oxygen atoms in total. The normalized spacial score (nSPS) is 13.9. The fourth-order valence-electron chi connectivity index (χ4n) is 5.40. The summed E-state index contributed by atoms with van der Waals surface area (Å²) in [6.07, 6.45) is 54.3. The van der Waals surface area contributed by atoms with Crippen LogP contribution in [0.2, 0.25) is 0 Å². The first-order valence-corrected chi connectivity index (χ1v) is 19.7. The Morgan fingerprint density at radius 3 is 1.49 bits per heavy atom. The molecular weight excluding hydrogens is 578 g/mol. The van der Waals surface area contributed by atoms with Crippen molar-refractivity contribution in [3.8, 4) is 0 Å². The van der Waals surface area contributed by atoms with Crippen LogP contribution in [0.1, 0.15) is 174 Å². The summed E-state index contributed by atoms with van der Waals surface area (Å²) >= 11 is 0. The zero-order valence-electron chi connectivity index (χ0n) is 30.8. The Balaban J connectivity index is 3.73. The lowest BCUT2D eigenvalue weighted by Gasteiger charge is -2.19. The van der Waals surface area contributed by atoms with Gasteiger partial charge in [-0.2, -0.15) is 0 Å². The van der Waals surface area contributed by atoms with Crippen LogP contribution in [0.3, 0.4) is 0 Å². The summed E-state index contributed by atoms with van der Waals surface area (Å²) in [6, 6.07) is -0.663. The third kappa shape index (κ3) is 35.0. The van der Waals surface area contributed by atoms with Crippen molar-refractivity contribution in [2.24, 2.45) is 0 Å². The maximum Gasteiger partial charge on any atom is 0.220 e. The van der Waals surface area contributed by atoms with Crippen molar-refractivity contribution in [3.05, 3.63) is 72.9 Å². The predicted octanol–water partition coefficient (Wildman–Crippen LogP) is 12.0. The van der Waals surface area contributed by atoms with E-state index in [2.05, 4.69) is 79.9 Å². The van der Waals surface area contributed by atoms with Gasteiger partial charge >= 0.3 is 0 Å². The van der Waals surface area contributed by atoms with Crippen molar-refractivity contribution >= 4 is 5.91 Å². The average Bonchev–Trinajstić information content (AvgIpc) is 3.07. The van der Waals surface area contributed by atoms with Crippen LogP contribution in [-0.4, -0.2) is 34.9 Å². The summed E-state index contributed by atoms with van der Waals surface area (Å²) in [7, 11) is 0. The van der Waals surface area contributed by atoms with Gasteiger partial charge in [0.15, 0.2) is 0 Å². The molecule has 0 fully saturated rings. The molecule has 2 unspecified atom stereocenters. The summed E-state index contributed by atoms with van der Waals surface area (Å²) in [4.78, 5) is 12.3. The largest absolute Gasteiger partial charge is 0.394 e. The first-order valence-electron chi connectivity index (χ1n) is 19.7. The van der Waals surface area contributed by atoms with Crippen molar-refractivity contribution in [1.82, 2.24) is 5.32 Å². The van der Waals surface area contributed by atoms with Gasteiger partial charge in [0.2, 0.25) is 5.91 Å². The van der Waals surface area contributed by atoms with Gasteiger partial charge in [0.1, 0.15) is 0 Å². The topological polar surface area (TPSA) is 69.6 Å². The molecule has 0 heterocycles. The molecule has 0 aliphatic carbocycles. The summed E-state index contributed by atoms with van der Waals surface area (Å²) in [5, 5.41) is 22.9. The van der Waals surface area contributed by atoms with Gasteiger partial charge in [-0.05, 0) is 77.0 Å². The number of unbranched alkanes of at least 4 members (excludes halogenated alkanes) is 17. The molecule has 0 aromatic carbocycles. The number of rotatable bonds is 34. The molecule has 0 bridgehead atoms. The summed E-state index contributed by atoms with van der Waals surface area (Å²) in [5.41, 5.74) is 0. The zero-order chi connectivity index (χ0) is 34.3. The molecule has 0 aromatic heterocycles. The van der Waals surface area contributed by atoms with E-state index in [0.29, 0.717) is 6.42 Å². The molecule has 47 heavy (non-hydrogen) atoms. The number of hydrogen-bond donors (Lipinski definition) is 3. The molecule has 1 amide bonds. The maximum absolute atomic E-state index is 12.3. The SMILES string of the molecule is CC/C=C\C/C=C\C/C=C\CCCCCC(=O)NC(CO)C(O)/C=C/CC/C=C/CC/C=C/CCCCCCCCCCCCCC. The van der Waals surface area contributed by atoms with Crippen LogP contribution in [0.25, 0.3) is 0 Å². The highest BCUT2D eigenvalue weighted by molar-refractivity contribution is 5.76. The number of amides is 1. The number of hydrogen-bond acceptors (Lipinski definition) is 3. The van der Waals surface area contributed by atoms with Crippen LogP contribution in [0.4, 0.5) is 0 Å². The Morgan fingerprint density at radius 1 is 0.532 bits per heavy atom. The molecule has 3 N–H and O–H groups in total. The monoisotopic (exact) mass is 654 g/mol. The average molecular weight is 654 g/mol. The van der Waals surface area contributed by atoms with E-state index in [1.165, 1.54) is 83.5 Å². The second-order valence-electron chi connectivity index (χ2n) is 12.9. The fraction of sp³-hybridized carbons (Fsp3) is 0.698. The lowest BCUT2D eigenvalue weighted by Crippen LogP contribution is -2.45. The lowest BCUT2D eigenvalue weighted by molar-refractivity contribution is -0.123. The zero-order valence-corrected chi connectivity index (χ0v) is 30.8. The Labute approximate surface area is 291 Å². The highest BCUT2D eigenvalue weighted by Crippen LogP contribution is 2.13. The van der Waals surface area contributed by atoms with Crippen LogP contribution >= 0.6 is 0 Å². The Hall–Kier alpha value is -2.17. The van der Waals surface area contributed by atoms with Crippen molar-refractivity contribution in [2.75, 3.05) is 6.61 Å². The quantitative estimate of drug-likeness (QED) is 0.0478. The predicted molar refractivity (Wildman–Crippen MR) is 207 cm³/mol. The third-order valence-corrected chi connectivity index (χ3v) is 8.40. The van der Waals surface area contributed by atoms with Gasteiger partial charge in [0.05, 0.1) is 18.8 Å². The van der Waals surface area contributed by atoms with Gasteiger partial charge in [0.25, 0.3) is 0 Å².